The predicted octanol–water partition coefficient (Wildman–Crippen LogP) is 4.88. The second kappa shape index (κ2) is 8.51. The van der Waals surface area contributed by atoms with Crippen LogP contribution in [0.2, 0.25) is 5.02 Å². The molecule has 0 amide bonds. The van der Waals surface area contributed by atoms with E-state index in [4.69, 9.17) is 33.3 Å². The number of hydrogen-bond acceptors (Lipinski definition) is 5. The lowest BCUT2D eigenvalue weighted by molar-refractivity contribution is 0.0601. The molecule has 0 spiro atoms. The third kappa shape index (κ3) is 4.42. The summed E-state index contributed by atoms with van der Waals surface area (Å²) in [5, 5.41) is 7.66. The van der Waals surface area contributed by atoms with Gasteiger partial charge >= 0.3 is 5.97 Å². The minimum atomic E-state index is -0.383. The first kappa shape index (κ1) is 19.5. The first-order valence-electron chi connectivity index (χ1n) is 7.53. The molecule has 1 aromatic heterocycles. The third-order valence-electron chi connectivity index (χ3n) is 3.59. The van der Waals surface area contributed by atoms with Gasteiger partial charge in [0.1, 0.15) is 10.8 Å². The van der Waals surface area contributed by atoms with Gasteiger partial charge in [0.15, 0.2) is 5.11 Å². The standard InChI is InChI=1S/C17H19ClN2O3S2/c1-5-11-9(2)25-15(14(11)16(21)23-4)20-17(24)19-12-8-10(18)6-7-13(12)22-3/h6-8H,5H2,1-4H3,(H2,19,20,24). The zero-order valence-corrected chi connectivity index (χ0v) is 16.7. The average molecular weight is 399 g/mol. The summed E-state index contributed by atoms with van der Waals surface area (Å²) in [6.07, 6.45) is 0.733. The number of benzene rings is 1. The van der Waals surface area contributed by atoms with Crippen molar-refractivity contribution in [2.24, 2.45) is 0 Å². The van der Waals surface area contributed by atoms with E-state index in [-0.39, 0.29) is 5.97 Å². The molecule has 0 bridgehead atoms. The Kier molecular flexibility index (Phi) is 6.64. The predicted molar refractivity (Wildman–Crippen MR) is 108 cm³/mol. The second-order valence-corrected chi connectivity index (χ2v) is 7.18. The summed E-state index contributed by atoms with van der Waals surface area (Å²) in [4.78, 5) is 13.2. The summed E-state index contributed by atoms with van der Waals surface area (Å²) in [5.74, 6) is 0.227. The number of esters is 1. The number of carbonyl (C=O) groups is 1. The SMILES string of the molecule is CCc1c(C)sc(NC(=S)Nc2cc(Cl)ccc2OC)c1C(=O)OC. The monoisotopic (exact) mass is 398 g/mol. The number of carbonyl (C=O) groups excluding carboxylic acids is 1. The number of ether oxygens (including phenoxy) is 2. The smallest absolute Gasteiger partial charge is 0.341 e. The van der Waals surface area contributed by atoms with E-state index in [2.05, 4.69) is 10.6 Å². The van der Waals surface area contributed by atoms with Crippen molar-refractivity contribution in [3.63, 3.8) is 0 Å². The molecule has 0 unspecified atom stereocenters. The molecule has 5 nitrogen and oxygen atoms in total. The van der Waals surface area contributed by atoms with Crippen LogP contribution in [-0.2, 0) is 11.2 Å². The summed E-state index contributed by atoms with van der Waals surface area (Å²) < 4.78 is 10.2. The minimum absolute atomic E-state index is 0.328. The lowest BCUT2D eigenvalue weighted by Crippen LogP contribution is -2.20. The summed E-state index contributed by atoms with van der Waals surface area (Å²) in [7, 11) is 2.93. The zero-order valence-electron chi connectivity index (χ0n) is 14.4. The number of hydrogen-bond donors (Lipinski definition) is 2. The number of thiophene rings is 1. The number of nitrogens with one attached hydrogen (secondary N) is 2. The van der Waals surface area contributed by atoms with Gasteiger partial charge in [-0.25, -0.2) is 4.79 Å². The van der Waals surface area contributed by atoms with Gasteiger partial charge in [-0.05, 0) is 49.3 Å². The largest absolute Gasteiger partial charge is 0.495 e. The van der Waals surface area contributed by atoms with Crippen molar-refractivity contribution in [3.05, 3.63) is 39.2 Å². The van der Waals surface area contributed by atoms with E-state index in [1.54, 1.807) is 25.3 Å². The highest BCUT2D eigenvalue weighted by molar-refractivity contribution is 7.80. The van der Waals surface area contributed by atoms with Crippen LogP contribution in [0, 0.1) is 6.92 Å². The van der Waals surface area contributed by atoms with Crippen molar-refractivity contribution in [2.45, 2.75) is 20.3 Å². The summed E-state index contributed by atoms with van der Waals surface area (Å²) in [5.41, 5.74) is 2.12. The van der Waals surface area contributed by atoms with Gasteiger partial charge in [-0.3, -0.25) is 0 Å². The molecule has 0 saturated heterocycles. The van der Waals surface area contributed by atoms with E-state index < -0.39 is 0 Å². The molecule has 0 radical (unpaired) electrons. The van der Waals surface area contributed by atoms with Crippen LogP contribution in [0.5, 0.6) is 5.75 Å². The maximum Gasteiger partial charge on any atom is 0.341 e. The van der Waals surface area contributed by atoms with Gasteiger partial charge in [0.05, 0.1) is 25.5 Å². The minimum Gasteiger partial charge on any atom is -0.495 e. The number of halogens is 1. The molecule has 1 aromatic carbocycles. The van der Waals surface area contributed by atoms with Gasteiger partial charge < -0.3 is 20.1 Å². The number of anilines is 2. The molecule has 25 heavy (non-hydrogen) atoms. The molecule has 2 rings (SSSR count). The molecule has 0 aliphatic rings. The van der Waals surface area contributed by atoms with Crippen LogP contribution in [0.4, 0.5) is 10.7 Å². The van der Waals surface area contributed by atoms with Gasteiger partial charge in [0, 0.05) is 9.90 Å². The molecule has 0 aliphatic carbocycles. The van der Waals surface area contributed by atoms with Gasteiger partial charge in [-0.2, -0.15) is 0 Å². The fraction of sp³-hybridized carbons (Fsp3) is 0.294. The molecule has 134 valence electrons. The van der Waals surface area contributed by atoms with Crippen LogP contribution in [0.3, 0.4) is 0 Å². The first-order valence-corrected chi connectivity index (χ1v) is 9.13. The van der Waals surface area contributed by atoms with Crippen molar-refractivity contribution in [3.8, 4) is 5.75 Å². The molecular weight excluding hydrogens is 380 g/mol. The number of aryl methyl sites for hydroxylation is 1. The van der Waals surface area contributed by atoms with Crippen LogP contribution < -0.4 is 15.4 Å². The first-order chi connectivity index (χ1) is 11.9. The number of rotatable bonds is 5. The van der Waals surface area contributed by atoms with Crippen molar-refractivity contribution >= 4 is 56.9 Å². The highest BCUT2D eigenvalue weighted by atomic mass is 35.5. The third-order valence-corrected chi connectivity index (χ3v) is 5.09. The summed E-state index contributed by atoms with van der Waals surface area (Å²) in [6, 6.07) is 5.19. The quantitative estimate of drug-likeness (QED) is 0.553. The Labute approximate surface area is 161 Å². The fourth-order valence-electron chi connectivity index (χ4n) is 2.45. The van der Waals surface area contributed by atoms with Crippen molar-refractivity contribution < 1.29 is 14.3 Å². The number of thiocarbonyl (C=S) groups is 1. The Morgan fingerprint density at radius 3 is 2.64 bits per heavy atom. The number of methoxy groups -OCH3 is 2. The van der Waals surface area contributed by atoms with Gasteiger partial charge in [0.2, 0.25) is 0 Å². The van der Waals surface area contributed by atoms with Gasteiger partial charge in [-0.1, -0.05) is 18.5 Å². The fourth-order valence-corrected chi connectivity index (χ4v) is 4.03. The van der Waals surface area contributed by atoms with Crippen LogP contribution >= 0.6 is 35.2 Å². The van der Waals surface area contributed by atoms with Crippen LogP contribution in [0.1, 0.15) is 27.7 Å². The molecule has 1 heterocycles. The molecule has 8 heteroatoms. The molecule has 0 saturated carbocycles. The van der Waals surface area contributed by atoms with E-state index in [9.17, 15) is 4.79 Å². The van der Waals surface area contributed by atoms with E-state index in [1.807, 2.05) is 13.8 Å². The van der Waals surface area contributed by atoms with Crippen molar-refractivity contribution in [2.75, 3.05) is 24.9 Å². The lowest BCUT2D eigenvalue weighted by atomic mass is 10.1. The Hall–Kier alpha value is -1.83. The highest BCUT2D eigenvalue weighted by Crippen LogP contribution is 2.34. The van der Waals surface area contributed by atoms with E-state index >= 15 is 0 Å². The summed E-state index contributed by atoms with van der Waals surface area (Å²) >= 11 is 12.9. The van der Waals surface area contributed by atoms with Crippen LogP contribution in [0.25, 0.3) is 0 Å². The van der Waals surface area contributed by atoms with E-state index in [1.165, 1.54) is 18.4 Å². The Morgan fingerprint density at radius 1 is 1.32 bits per heavy atom. The van der Waals surface area contributed by atoms with Crippen molar-refractivity contribution in [1.29, 1.82) is 0 Å². The summed E-state index contributed by atoms with van der Waals surface area (Å²) in [6.45, 7) is 3.97. The second-order valence-electron chi connectivity index (χ2n) is 5.11. The zero-order chi connectivity index (χ0) is 18.6. The van der Waals surface area contributed by atoms with Gasteiger partial charge in [0.25, 0.3) is 0 Å². The molecule has 0 aliphatic heterocycles. The lowest BCUT2D eigenvalue weighted by Gasteiger charge is -2.14. The molecular formula is C17H19ClN2O3S2. The topological polar surface area (TPSA) is 59.6 Å². The normalized spacial score (nSPS) is 10.3. The molecule has 2 aromatic rings. The van der Waals surface area contributed by atoms with E-state index in [0.717, 1.165) is 16.9 Å². The highest BCUT2D eigenvalue weighted by Gasteiger charge is 2.22. The van der Waals surface area contributed by atoms with E-state index in [0.29, 0.717) is 32.1 Å². The van der Waals surface area contributed by atoms with Crippen LogP contribution in [-0.4, -0.2) is 25.3 Å². The Balaban J connectivity index is 2.27. The molecule has 0 atom stereocenters. The van der Waals surface area contributed by atoms with Crippen molar-refractivity contribution in [1.82, 2.24) is 0 Å². The van der Waals surface area contributed by atoms with Crippen LogP contribution in [0.15, 0.2) is 18.2 Å². The maximum atomic E-state index is 12.2. The Bertz CT molecular complexity index is 805. The maximum absolute atomic E-state index is 12.2. The Morgan fingerprint density at radius 2 is 2.04 bits per heavy atom. The molecule has 2 N–H and O–H groups in total. The molecule has 0 fully saturated rings. The van der Waals surface area contributed by atoms with Gasteiger partial charge in [-0.15, -0.1) is 11.3 Å². The average Bonchev–Trinajstić information content (AvgIpc) is 2.89.